The Bertz CT molecular complexity index is 760. The molecular formula is C13H10Cl3NO2S. The topological polar surface area (TPSA) is 46.2 Å². The molecule has 2 rings (SSSR count). The van der Waals surface area contributed by atoms with Crippen molar-refractivity contribution in [1.29, 1.82) is 0 Å². The monoisotopic (exact) mass is 349 g/mol. The lowest BCUT2D eigenvalue weighted by Gasteiger charge is -2.11. The molecule has 0 aliphatic rings. The van der Waals surface area contributed by atoms with Crippen molar-refractivity contribution in [3.63, 3.8) is 0 Å². The van der Waals surface area contributed by atoms with Gasteiger partial charge >= 0.3 is 0 Å². The summed E-state index contributed by atoms with van der Waals surface area (Å²) in [5.74, 6) is 0. The highest BCUT2D eigenvalue weighted by Gasteiger charge is 2.17. The molecule has 0 radical (unpaired) electrons. The number of aryl methyl sites for hydroxylation is 1. The number of sulfonamides is 1. The molecule has 0 saturated heterocycles. The van der Waals surface area contributed by atoms with Crippen molar-refractivity contribution in [3.05, 3.63) is 57.0 Å². The minimum Gasteiger partial charge on any atom is -0.280 e. The number of rotatable bonds is 3. The van der Waals surface area contributed by atoms with E-state index in [1.54, 1.807) is 19.1 Å². The van der Waals surface area contributed by atoms with E-state index < -0.39 is 10.0 Å². The van der Waals surface area contributed by atoms with Crippen LogP contribution >= 0.6 is 34.8 Å². The van der Waals surface area contributed by atoms with Gasteiger partial charge in [-0.05, 0) is 42.8 Å². The van der Waals surface area contributed by atoms with E-state index in [4.69, 9.17) is 34.8 Å². The zero-order valence-corrected chi connectivity index (χ0v) is 13.4. The van der Waals surface area contributed by atoms with Gasteiger partial charge in [-0.3, -0.25) is 4.72 Å². The van der Waals surface area contributed by atoms with Gasteiger partial charge in [-0.2, -0.15) is 0 Å². The second-order valence-corrected chi connectivity index (χ2v) is 7.05. The van der Waals surface area contributed by atoms with Crippen LogP contribution in [-0.2, 0) is 10.0 Å². The van der Waals surface area contributed by atoms with Crippen molar-refractivity contribution in [2.24, 2.45) is 0 Å². The molecule has 1 N–H and O–H groups in total. The molecule has 0 aliphatic heterocycles. The number of halogens is 3. The Kier molecular flexibility index (Phi) is 4.49. The predicted octanol–water partition coefficient (Wildman–Crippen LogP) is 4.76. The maximum absolute atomic E-state index is 12.3. The lowest BCUT2D eigenvalue weighted by atomic mass is 10.2. The van der Waals surface area contributed by atoms with Gasteiger partial charge in [-0.15, -0.1) is 0 Å². The smallest absolute Gasteiger partial charge is 0.262 e. The lowest BCUT2D eigenvalue weighted by molar-refractivity contribution is 0.600. The molecule has 0 bridgehead atoms. The second-order valence-electron chi connectivity index (χ2n) is 4.14. The standard InChI is InChI=1S/C13H10Cl3NO2S/c1-8-2-3-9(14)6-13(8)20(18,19)17-10-4-5-11(15)12(16)7-10/h2-7,17H,1H3. The number of hydrogen-bond acceptors (Lipinski definition) is 2. The van der Waals surface area contributed by atoms with Gasteiger partial charge in [-0.1, -0.05) is 40.9 Å². The van der Waals surface area contributed by atoms with Gasteiger partial charge in [0.2, 0.25) is 0 Å². The third-order valence-electron chi connectivity index (χ3n) is 2.61. The average molecular weight is 351 g/mol. The van der Waals surface area contributed by atoms with Gasteiger partial charge in [0.05, 0.1) is 20.6 Å². The Labute approximate surface area is 132 Å². The highest BCUT2D eigenvalue weighted by atomic mass is 35.5. The van der Waals surface area contributed by atoms with Crippen LogP contribution in [0.15, 0.2) is 41.3 Å². The molecule has 2 aromatic carbocycles. The van der Waals surface area contributed by atoms with Crippen LogP contribution in [0.4, 0.5) is 5.69 Å². The largest absolute Gasteiger partial charge is 0.280 e. The van der Waals surface area contributed by atoms with Crippen LogP contribution in [0.1, 0.15) is 5.56 Å². The van der Waals surface area contributed by atoms with Crippen molar-refractivity contribution in [2.45, 2.75) is 11.8 Å². The van der Waals surface area contributed by atoms with E-state index in [1.165, 1.54) is 24.3 Å². The summed E-state index contributed by atoms with van der Waals surface area (Å²) in [5.41, 5.74) is 0.931. The fourth-order valence-electron chi connectivity index (χ4n) is 1.63. The minimum atomic E-state index is -3.73. The van der Waals surface area contributed by atoms with Crippen LogP contribution in [0.25, 0.3) is 0 Å². The summed E-state index contributed by atoms with van der Waals surface area (Å²) in [4.78, 5) is 0.121. The first-order valence-corrected chi connectivity index (χ1v) is 8.15. The quantitative estimate of drug-likeness (QED) is 0.867. The molecule has 0 unspecified atom stereocenters. The maximum Gasteiger partial charge on any atom is 0.262 e. The van der Waals surface area contributed by atoms with Crippen molar-refractivity contribution in [1.82, 2.24) is 0 Å². The highest BCUT2D eigenvalue weighted by Crippen LogP contribution is 2.27. The number of anilines is 1. The van der Waals surface area contributed by atoms with Crippen molar-refractivity contribution < 1.29 is 8.42 Å². The Morgan fingerprint density at radius 3 is 2.30 bits per heavy atom. The normalized spacial score (nSPS) is 11.4. The van der Waals surface area contributed by atoms with Crippen LogP contribution in [0.3, 0.4) is 0 Å². The van der Waals surface area contributed by atoms with Crippen molar-refractivity contribution >= 4 is 50.5 Å². The van der Waals surface area contributed by atoms with Crippen LogP contribution < -0.4 is 4.72 Å². The second kappa shape index (κ2) is 5.82. The molecule has 0 aromatic heterocycles. The summed E-state index contributed by atoms with van der Waals surface area (Å²) < 4.78 is 27.1. The van der Waals surface area contributed by atoms with Crippen LogP contribution in [0, 0.1) is 6.92 Å². The van der Waals surface area contributed by atoms with Gasteiger partial charge in [0.1, 0.15) is 0 Å². The first-order chi connectivity index (χ1) is 9.29. The van der Waals surface area contributed by atoms with E-state index in [1.807, 2.05) is 0 Å². The van der Waals surface area contributed by atoms with E-state index in [-0.39, 0.29) is 9.92 Å². The Hall–Kier alpha value is -0.940. The Morgan fingerprint density at radius 1 is 0.950 bits per heavy atom. The summed E-state index contributed by atoms with van der Waals surface area (Å²) >= 11 is 17.5. The Balaban J connectivity index is 2.40. The molecular weight excluding hydrogens is 341 g/mol. The van der Waals surface area contributed by atoms with Gasteiger partial charge in [-0.25, -0.2) is 8.42 Å². The van der Waals surface area contributed by atoms with E-state index in [0.29, 0.717) is 21.3 Å². The molecule has 0 fully saturated rings. The molecule has 0 spiro atoms. The molecule has 0 atom stereocenters. The highest BCUT2D eigenvalue weighted by molar-refractivity contribution is 7.92. The van der Waals surface area contributed by atoms with E-state index >= 15 is 0 Å². The molecule has 0 saturated carbocycles. The first kappa shape index (κ1) is 15.4. The summed E-state index contributed by atoms with van der Waals surface area (Å²) in [5, 5.41) is 0.980. The van der Waals surface area contributed by atoms with Crippen LogP contribution in [0.5, 0.6) is 0 Å². The molecule has 7 heteroatoms. The van der Waals surface area contributed by atoms with Crippen LogP contribution in [-0.4, -0.2) is 8.42 Å². The lowest BCUT2D eigenvalue weighted by Crippen LogP contribution is -2.14. The number of benzene rings is 2. The maximum atomic E-state index is 12.3. The zero-order chi connectivity index (χ0) is 14.9. The molecule has 0 aliphatic carbocycles. The van der Waals surface area contributed by atoms with E-state index in [2.05, 4.69) is 4.72 Å². The third-order valence-corrected chi connectivity index (χ3v) is 5.11. The van der Waals surface area contributed by atoms with Crippen molar-refractivity contribution in [2.75, 3.05) is 4.72 Å². The van der Waals surface area contributed by atoms with Gasteiger partial charge in [0.15, 0.2) is 0 Å². The molecule has 0 heterocycles. The molecule has 0 amide bonds. The SMILES string of the molecule is Cc1ccc(Cl)cc1S(=O)(=O)Nc1ccc(Cl)c(Cl)c1. The Morgan fingerprint density at radius 2 is 1.65 bits per heavy atom. The van der Waals surface area contributed by atoms with Gasteiger partial charge in [0, 0.05) is 5.02 Å². The number of nitrogens with one attached hydrogen (secondary N) is 1. The van der Waals surface area contributed by atoms with E-state index in [0.717, 1.165) is 0 Å². The van der Waals surface area contributed by atoms with Crippen molar-refractivity contribution in [3.8, 4) is 0 Å². The fraction of sp³-hybridized carbons (Fsp3) is 0.0769. The predicted molar refractivity (Wildman–Crippen MR) is 83.5 cm³/mol. The fourth-order valence-corrected chi connectivity index (χ4v) is 3.49. The summed E-state index contributed by atoms with van der Waals surface area (Å²) in [7, 11) is -3.73. The summed E-state index contributed by atoms with van der Waals surface area (Å²) in [6.07, 6.45) is 0. The van der Waals surface area contributed by atoms with E-state index in [9.17, 15) is 8.42 Å². The summed E-state index contributed by atoms with van der Waals surface area (Å²) in [6.45, 7) is 1.69. The average Bonchev–Trinajstić information content (AvgIpc) is 2.36. The summed E-state index contributed by atoms with van der Waals surface area (Å²) in [6, 6.07) is 9.18. The van der Waals surface area contributed by atoms with Gasteiger partial charge in [0.25, 0.3) is 10.0 Å². The van der Waals surface area contributed by atoms with Gasteiger partial charge < -0.3 is 0 Å². The third kappa shape index (κ3) is 3.38. The molecule has 20 heavy (non-hydrogen) atoms. The molecule has 2 aromatic rings. The minimum absolute atomic E-state index is 0.121. The van der Waals surface area contributed by atoms with Crippen LogP contribution in [0.2, 0.25) is 15.1 Å². The number of hydrogen-bond donors (Lipinski definition) is 1. The first-order valence-electron chi connectivity index (χ1n) is 5.53. The molecule has 106 valence electrons. The molecule has 3 nitrogen and oxygen atoms in total. The zero-order valence-electron chi connectivity index (χ0n) is 10.3.